The number of allylic oxidation sites excluding steroid dienone is 4. The predicted octanol–water partition coefficient (Wildman–Crippen LogP) is 3.33. The standard InChI is InChI=1S/C9H12.C2H4/c1-2-8-5-7-3-4-9(8)6-7;1-2/h2-4,7,9H,5-6H2,1H3;1-2H2. The van der Waals surface area contributed by atoms with Crippen LogP contribution in [0.3, 0.4) is 0 Å². The van der Waals surface area contributed by atoms with Crippen LogP contribution >= 0.6 is 0 Å². The normalized spacial score (nSPS) is 35.5. The largest absolute Gasteiger partial charge is 0.106 e. The highest BCUT2D eigenvalue weighted by Gasteiger charge is 2.29. The maximum atomic E-state index is 3.00. The Kier molecular flexibility index (Phi) is 2.70. The Hall–Kier alpha value is -0.780. The number of fused-ring (bicyclic) bond motifs is 2. The monoisotopic (exact) mass is 148 g/mol. The van der Waals surface area contributed by atoms with E-state index in [1.807, 2.05) is 0 Å². The minimum absolute atomic E-state index is 0.833. The first-order valence-electron chi connectivity index (χ1n) is 4.23. The van der Waals surface area contributed by atoms with Crippen LogP contribution in [0.4, 0.5) is 0 Å². The maximum absolute atomic E-state index is 3.00. The second-order valence-corrected chi connectivity index (χ2v) is 3.05. The van der Waals surface area contributed by atoms with Gasteiger partial charge in [0.05, 0.1) is 0 Å². The molecule has 1 fully saturated rings. The molecule has 2 bridgehead atoms. The van der Waals surface area contributed by atoms with E-state index in [1.54, 1.807) is 5.57 Å². The molecule has 0 aromatic rings. The summed E-state index contributed by atoms with van der Waals surface area (Å²) >= 11 is 0. The Morgan fingerprint density at radius 3 is 2.45 bits per heavy atom. The summed E-state index contributed by atoms with van der Waals surface area (Å²) in [5, 5.41) is 0. The zero-order chi connectivity index (χ0) is 8.27. The van der Waals surface area contributed by atoms with Gasteiger partial charge in [-0.25, -0.2) is 0 Å². The number of hydrogen-bond donors (Lipinski definition) is 0. The van der Waals surface area contributed by atoms with Crippen LogP contribution in [0.5, 0.6) is 0 Å². The molecule has 0 aliphatic heterocycles. The highest BCUT2D eigenvalue weighted by molar-refractivity contribution is 5.26. The molecule has 0 aromatic heterocycles. The molecule has 2 aliphatic carbocycles. The maximum Gasteiger partial charge on any atom is -0.00174 e. The third-order valence-corrected chi connectivity index (χ3v) is 2.52. The minimum atomic E-state index is 0.833. The Bertz CT molecular complexity index is 186. The summed E-state index contributed by atoms with van der Waals surface area (Å²) in [6.07, 6.45) is 9.77. The van der Waals surface area contributed by atoms with Crippen LogP contribution < -0.4 is 0 Å². The van der Waals surface area contributed by atoms with Crippen LogP contribution in [0, 0.1) is 11.8 Å². The molecular weight excluding hydrogens is 132 g/mol. The highest BCUT2D eigenvalue weighted by Crippen LogP contribution is 2.42. The van der Waals surface area contributed by atoms with E-state index >= 15 is 0 Å². The molecule has 2 aliphatic rings. The molecule has 0 saturated heterocycles. The molecule has 0 radical (unpaired) electrons. The van der Waals surface area contributed by atoms with Crippen molar-refractivity contribution in [3.05, 3.63) is 37.0 Å². The molecule has 0 amide bonds. The molecule has 0 heterocycles. The zero-order valence-electron chi connectivity index (χ0n) is 7.22. The van der Waals surface area contributed by atoms with Gasteiger partial charge in [0.25, 0.3) is 0 Å². The van der Waals surface area contributed by atoms with Crippen molar-refractivity contribution in [2.75, 3.05) is 0 Å². The lowest BCUT2D eigenvalue weighted by Gasteiger charge is -2.05. The lowest BCUT2D eigenvalue weighted by molar-refractivity contribution is 0.693. The third-order valence-electron chi connectivity index (χ3n) is 2.52. The third kappa shape index (κ3) is 1.45. The van der Waals surface area contributed by atoms with E-state index < -0.39 is 0 Å². The van der Waals surface area contributed by atoms with E-state index in [0.29, 0.717) is 0 Å². The van der Waals surface area contributed by atoms with Crippen molar-refractivity contribution in [3.63, 3.8) is 0 Å². The SMILES string of the molecule is C=C.CC=C1CC2C=CC1C2. The quantitative estimate of drug-likeness (QED) is 0.462. The molecule has 1 saturated carbocycles. The van der Waals surface area contributed by atoms with Crippen molar-refractivity contribution < 1.29 is 0 Å². The Morgan fingerprint density at radius 1 is 1.45 bits per heavy atom. The second kappa shape index (κ2) is 3.56. The molecule has 60 valence electrons. The molecule has 0 aromatic carbocycles. The van der Waals surface area contributed by atoms with Gasteiger partial charge < -0.3 is 0 Å². The summed E-state index contributed by atoms with van der Waals surface area (Å²) < 4.78 is 0. The van der Waals surface area contributed by atoms with Crippen molar-refractivity contribution in [2.45, 2.75) is 19.8 Å². The van der Waals surface area contributed by atoms with Gasteiger partial charge in [-0.05, 0) is 31.6 Å². The van der Waals surface area contributed by atoms with Gasteiger partial charge in [-0.3, -0.25) is 0 Å². The first-order chi connectivity index (χ1) is 5.40. The predicted molar refractivity (Wildman–Crippen MR) is 50.4 cm³/mol. The minimum Gasteiger partial charge on any atom is -0.106 e. The average Bonchev–Trinajstić information content (AvgIpc) is 2.67. The summed E-state index contributed by atoms with van der Waals surface area (Å²) in [6.45, 7) is 8.16. The van der Waals surface area contributed by atoms with E-state index in [1.165, 1.54) is 12.8 Å². The topological polar surface area (TPSA) is 0 Å². The first-order valence-corrected chi connectivity index (χ1v) is 4.23. The highest BCUT2D eigenvalue weighted by atomic mass is 14.3. The van der Waals surface area contributed by atoms with E-state index in [0.717, 1.165) is 11.8 Å². The fraction of sp³-hybridized carbons (Fsp3) is 0.455. The van der Waals surface area contributed by atoms with E-state index in [-0.39, 0.29) is 0 Å². The first kappa shape index (κ1) is 8.32. The summed E-state index contributed by atoms with van der Waals surface area (Å²) in [5.41, 5.74) is 1.67. The summed E-state index contributed by atoms with van der Waals surface area (Å²) in [6, 6.07) is 0. The molecule has 0 heteroatoms. The van der Waals surface area contributed by atoms with Crippen LogP contribution in [-0.4, -0.2) is 0 Å². The molecule has 0 N–H and O–H groups in total. The van der Waals surface area contributed by atoms with Gasteiger partial charge >= 0.3 is 0 Å². The second-order valence-electron chi connectivity index (χ2n) is 3.05. The zero-order valence-corrected chi connectivity index (χ0v) is 7.22. The van der Waals surface area contributed by atoms with Crippen LogP contribution in [0.2, 0.25) is 0 Å². The Morgan fingerprint density at radius 2 is 2.18 bits per heavy atom. The Labute approximate surface area is 69.3 Å². The van der Waals surface area contributed by atoms with Crippen molar-refractivity contribution in [1.29, 1.82) is 0 Å². The van der Waals surface area contributed by atoms with E-state index in [4.69, 9.17) is 0 Å². The average molecular weight is 148 g/mol. The van der Waals surface area contributed by atoms with Crippen LogP contribution in [0.1, 0.15) is 19.8 Å². The molecular formula is C11H16. The molecule has 0 spiro atoms. The van der Waals surface area contributed by atoms with Gasteiger partial charge in [-0.1, -0.05) is 23.8 Å². The van der Waals surface area contributed by atoms with Gasteiger partial charge in [0, 0.05) is 0 Å². The lowest BCUT2D eigenvalue weighted by atomic mass is 10.0. The number of hydrogen-bond acceptors (Lipinski definition) is 0. The Balaban J connectivity index is 0.000000281. The smallest absolute Gasteiger partial charge is 0.00174 e. The molecule has 0 nitrogen and oxygen atoms in total. The van der Waals surface area contributed by atoms with Gasteiger partial charge in [0.15, 0.2) is 0 Å². The van der Waals surface area contributed by atoms with Gasteiger partial charge in [-0.2, -0.15) is 0 Å². The van der Waals surface area contributed by atoms with Crippen molar-refractivity contribution >= 4 is 0 Å². The lowest BCUT2D eigenvalue weighted by Crippen LogP contribution is -1.90. The van der Waals surface area contributed by atoms with Gasteiger partial charge in [-0.15, -0.1) is 13.2 Å². The fourth-order valence-corrected chi connectivity index (χ4v) is 1.99. The van der Waals surface area contributed by atoms with Crippen LogP contribution in [0.25, 0.3) is 0 Å². The van der Waals surface area contributed by atoms with Crippen LogP contribution in [-0.2, 0) is 0 Å². The summed E-state index contributed by atoms with van der Waals surface area (Å²) in [5.74, 6) is 1.74. The van der Waals surface area contributed by atoms with Crippen LogP contribution in [0.15, 0.2) is 37.0 Å². The van der Waals surface area contributed by atoms with Crippen molar-refractivity contribution in [3.8, 4) is 0 Å². The summed E-state index contributed by atoms with van der Waals surface area (Å²) in [4.78, 5) is 0. The molecule has 2 unspecified atom stereocenters. The molecule has 2 rings (SSSR count). The van der Waals surface area contributed by atoms with E-state index in [2.05, 4.69) is 38.3 Å². The van der Waals surface area contributed by atoms with Crippen molar-refractivity contribution in [1.82, 2.24) is 0 Å². The number of rotatable bonds is 0. The van der Waals surface area contributed by atoms with Gasteiger partial charge in [0.2, 0.25) is 0 Å². The van der Waals surface area contributed by atoms with E-state index in [9.17, 15) is 0 Å². The molecule has 2 atom stereocenters. The fourth-order valence-electron chi connectivity index (χ4n) is 1.99. The summed E-state index contributed by atoms with van der Waals surface area (Å²) in [7, 11) is 0. The van der Waals surface area contributed by atoms with Gasteiger partial charge in [0.1, 0.15) is 0 Å². The molecule has 11 heavy (non-hydrogen) atoms. The van der Waals surface area contributed by atoms with Crippen molar-refractivity contribution in [2.24, 2.45) is 11.8 Å².